The average molecular weight is 158 g/mol. The van der Waals surface area contributed by atoms with Crippen LogP contribution in [0.2, 0.25) is 0 Å². The van der Waals surface area contributed by atoms with E-state index in [2.05, 4.69) is 11.3 Å². The van der Waals surface area contributed by atoms with Crippen LogP contribution in [0.4, 0.5) is 0 Å². The van der Waals surface area contributed by atoms with Crippen LogP contribution in [-0.2, 0) is 14.3 Å². The fraction of sp³-hybridized carbons (Fsp3) is 0.625. The monoisotopic (exact) mass is 158 g/mol. The molecule has 0 aromatic carbocycles. The lowest BCUT2D eigenvalue weighted by Gasteiger charge is -2.05. The Kier molecular flexibility index (Phi) is 5.47. The van der Waals surface area contributed by atoms with Crippen molar-refractivity contribution in [2.45, 2.75) is 20.0 Å². The van der Waals surface area contributed by atoms with E-state index < -0.39 is 0 Å². The van der Waals surface area contributed by atoms with Gasteiger partial charge in [0.15, 0.2) is 0 Å². The van der Waals surface area contributed by atoms with Crippen LogP contribution in [0, 0.1) is 0 Å². The molecule has 0 spiro atoms. The summed E-state index contributed by atoms with van der Waals surface area (Å²) < 4.78 is 9.65. The standard InChI is InChI=1S/C8H14O3/c1-4-5-10-8(9)6-11-7(2)3/h4,7H,1,5-6H2,2-3H3. The first-order valence-electron chi connectivity index (χ1n) is 3.55. The Morgan fingerprint density at radius 2 is 2.27 bits per heavy atom. The van der Waals surface area contributed by atoms with Crippen molar-refractivity contribution >= 4 is 5.97 Å². The lowest BCUT2D eigenvalue weighted by molar-refractivity contribution is -0.149. The topological polar surface area (TPSA) is 35.5 Å². The van der Waals surface area contributed by atoms with E-state index in [9.17, 15) is 4.79 Å². The van der Waals surface area contributed by atoms with Crippen molar-refractivity contribution in [1.82, 2.24) is 0 Å². The third-order valence-corrected chi connectivity index (χ3v) is 0.897. The number of esters is 1. The fourth-order valence-corrected chi connectivity index (χ4v) is 0.428. The van der Waals surface area contributed by atoms with Gasteiger partial charge in [0.2, 0.25) is 0 Å². The number of hydrogen-bond donors (Lipinski definition) is 0. The Hall–Kier alpha value is -0.830. The summed E-state index contributed by atoms with van der Waals surface area (Å²) in [7, 11) is 0. The van der Waals surface area contributed by atoms with Crippen LogP contribution in [0.1, 0.15) is 13.8 Å². The lowest BCUT2D eigenvalue weighted by atomic mass is 10.5. The maximum Gasteiger partial charge on any atom is 0.332 e. The molecule has 0 aromatic heterocycles. The molecule has 0 aliphatic rings. The zero-order valence-electron chi connectivity index (χ0n) is 7.00. The summed E-state index contributed by atoms with van der Waals surface area (Å²) in [6, 6.07) is 0. The molecule has 3 heteroatoms. The van der Waals surface area contributed by atoms with Crippen molar-refractivity contribution in [2.24, 2.45) is 0 Å². The molecule has 0 rings (SSSR count). The van der Waals surface area contributed by atoms with E-state index in [1.54, 1.807) is 0 Å². The highest BCUT2D eigenvalue weighted by atomic mass is 16.6. The van der Waals surface area contributed by atoms with Crippen LogP contribution in [0.25, 0.3) is 0 Å². The minimum Gasteiger partial charge on any atom is -0.460 e. The molecule has 0 saturated heterocycles. The molecule has 0 radical (unpaired) electrons. The summed E-state index contributed by atoms with van der Waals surface area (Å²) in [5.41, 5.74) is 0. The van der Waals surface area contributed by atoms with Gasteiger partial charge in [-0.3, -0.25) is 0 Å². The van der Waals surface area contributed by atoms with Crippen LogP contribution in [0.5, 0.6) is 0 Å². The van der Waals surface area contributed by atoms with Crippen LogP contribution >= 0.6 is 0 Å². The van der Waals surface area contributed by atoms with Gasteiger partial charge in [0.25, 0.3) is 0 Å². The van der Waals surface area contributed by atoms with Crippen molar-refractivity contribution in [3.05, 3.63) is 12.7 Å². The maximum atomic E-state index is 10.7. The van der Waals surface area contributed by atoms with Crippen molar-refractivity contribution in [1.29, 1.82) is 0 Å². The van der Waals surface area contributed by atoms with Gasteiger partial charge in [-0.05, 0) is 13.8 Å². The zero-order chi connectivity index (χ0) is 8.69. The van der Waals surface area contributed by atoms with Gasteiger partial charge in [-0.25, -0.2) is 4.79 Å². The third-order valence-electron chi connectivity index (χ3n) is 0.897. The van der Waals surface area contributed by atoms with Gasteiger partial charge in [-0.2, -0.15) is 0 Å². The van der Waals surface area contributed by atoms with Gasteiger partial charge in [0.05, 0.1) is 6.10 Å². The maximum absolute atomic E-state index is 10.7. The summed E-state index contributed by atoms with van der Waals surface area (Å²) in [4.78, 5) is 10.7. The Morgan fingerprint density at radius 3 is 2.73 bits per heavy atom. The Balaban J connectivity index is 3.29. The lowest BCUT2D eigenvalue weighted by Crippen LogP contribution is -2.15. The van der Waals surface area contributed by atoms with Gasteiger partial charge >= 0.3 is 5.97 Å². The minimum absolute atomic E-state index is 0.0194. The van der Waals surface area contributed by atoms with Gasteiger partial charge in [-0.1, -0.05) is 12.7 Å². The molecule has 0 fully saturated rings. The average Bonchev–Trinajstić information content (AvgIpc) is 1.97. The largest absolute Gasteiger partial charge is 0.460 e. The van der Waals surface area contributed by atoms with E-state index in [1.165, 1.54) is 6.08 Å². The second kappa shape index (κ2) is 5.92. The molecule has 11 heavy (non-hydrogen) atoms. The van der Waals surface area contributed by atoms with Crippen LogP contribution in [-0.4, -0.2) is 25.3 Å². The van der Waals surface area contributed by atoms with Crippen LogP contribution < -0.4 is 0 Å². The summed E-state index contributed by atoms with van der Waals surface area (Å²) in [6.07, 6.45) is 1.58. The van der Waals surface area contributed by atoms with Gasteiger partial charge in [0.1, 0.15) is 13.2 Å². The van der Waals surface area contributed by atoms with E-state index in [-0.39, 0.29) is 25.3 Å². The van der Waals surface area contributed by atoms with Crippen molar-refractivity contribution in [3.8, 4) is 0 Å². The second-order valence-corrected chi connectivity index (χ2v) is 2.33. The number of carbonyl (C=O) groups excluding carboxylic acids is 1. The molecule has 0 atom stereocenters. The first-order valence-corrected chi connectivity index (χ1v) is 3.55. The number of hydrogen-bond acceptors (Lipinski definition) is 3. The molecule has 64 valence electrons. The van der Waals surface area contributed by atoms with Crippen molar-refractivity contribution in [2.75, 3.05) is 13.2 Å². The van der Waals surface area contributed by atoms with E-state index in [1.807, 2.05) is 13.8 Å². The fourth-order valence-electron chi connectivity index (χ4n) is 0.428. The normalized spacial score (nSPS) is 9.73. The van der Waals surface area contributed by atoms with Crippen molar-refractivity contribution < 1.29 is 14.3 Å². The summed E-state index contributed by atoms with van der Waals surface area (Å²) in [5.74, 6) is -0.349. The van der Waals surface area contributed by atoms with E-state index >= 15 is 0 Å². The van der Waals surface area contributed by atoms with Crippen LogP contribution in [0.15, 0.2) is 12.7 Å². The SMILES string of the molecule is C=CCOC(=O)COC(C)C. The summed E-state index contributed by atoms with van der Waals surface area (Å²) in [6.45, 7) is 7.40. The molecule has 0 amide bonds. The molecule has 0 saturated carbocycles. The Bertz CT molecular complexity index is 129. The van der Waals surface area contributed by atoms with Crippen LogP contribution in [0.3, 0.4) is 0 Å². The van der Waals surface area contributed by atoms with Gasteiger partial charge in [-0.15, -0.1) is 0 Å². The molecule has 3 nitrogen and oxygen atoms in total. The Labute approximate surface area is 67.0 Å². The first kappa shape index (κ1) is 10.2. The Morgan fingerprint density at radius 1 is 1.64 bits per heavy atom. The van der Waals surface area contributed by atoms with Gasteiger partial charge < -0.3 is 9.47 Å². The number of carbonyl (C=O) groups is 1. The molecule has 0 aliphatic carbocycles. The molecule has 0 unspecified atom stereocenters. The van der Waals surface area contributed by atoms with E-state index in [4.69, 9.17) is 4.74 Å². The summed E-state index contributed by atoms with van der Waals surface area (Å²) in [5, 5.41) is 0. The summed E-state index contributed by atoms with van der Waals surface area (Å²) >= 11 is 0. The molecule has 0 bridgehead atoms. The number of ether oxygens (including phenoxy) is 2. The smallest absolute Gasteiger partial charge is 0.332 e. The second-order valence-electron chi connectivity index (χ2n) is 2.33. The third kappa shape index (κ3) is 7.06. The molecule has 0 N–H and O–H groups in total. The molecule has 0 heterocycles. The number of rotatable bonds is 5. The highest BCUT2D eigenvalue weighted by Crippen LogP contribution is 1.88. The zero-order valence-corrected chi connectivity index (χ0v) is 7.00. The van der Waals surface area contributed by atoms with E-state index in [0.29, 0.717) is 0 Å². The highest BCUT2D eigenvalue weighted by Gasteiger charge is 2.02. The van der Waals surface area contributed by atoms with Gasteiger partial charge in [0, 0.05) is 0 Å². The predicted octanol–water partition coefficient (Wildman–Crippen LogP) is 1.14. The first-order chi connectivity index (χ1) is 5.16. The molecular weight excluding hydrogens is 144 g/mol. The minimum atomic E-state index is -0.349. The predicted molar refractivity (Wildman–Crippen MR) is 42.2 cm³/mol. The quantitative estimate of drug-likeness (QED) is 0.444. The molecule has 0 aromatic rings. The van der Waals surface area contributed by atoms with E-state index in [0.717, 1.165) is 0 Å². The molecular formula is C8H14O3. The molecule has 0 aliphatic heterocycles. The van der Waals surface area contributed by atoms with Crippen molar-refractivity contribution in [3.63, 3.8) is 0 Å². The highest BCUT2D eigenvalue weighted by molar-refractivity contribution is 5.70.